The second-order valence-corrected chi connectivity index (χ2v) is 6.16. The second-order valence-electron chi connectivity index (χ2n) is 6.16. The van der Waals surface area contributed by atoms with Crippen molar-refractivity contribution in [2.75, 3.05) is 5.32 Å². The summed E-state index contributed by atoms with van der Waals surface area (Å²) < 4.78 is 5.58. The average molecular weight is 334 g/mol. The number of carbonyl (C=O) groups excluding carboxylic acids is 1. The molecule has 0 saturated heterocycles. The molecule has 0 aromatic heterocycles. The molecule has 2 aromatic rings. The zero-order valence-electron chi connectivity index (χ0n) is 15.0. The lowest BCUT2D eigenvalue weighted by Gasteiger charge is -2.09. The standard InChI is InChI=1S/C21H22N2O2/c1-14(2)25-20-9-6-17(7-10-20)12-18(13-22)21(24)23-19-8-5-15(3)16(4)11-19/h5-12,14H,1-4H3,(H,23,24)/b18-12+. The van der Waals surface area contributed by atoms with E-state index in [1.54, 1.807) is 6.08 Å². The zero-order chi connectivity index (χ0) is 18.4. The molecular formula is C21H22N2O2. The van der Waals surface area contributed by atoms with E-state index in [4.69, 9.17) is 4.74 Å². The lowest BCUT2D eigenvalue weighted by molar-refractivity contribution is -0.112. The lowest BCUT2D eigenvalue weighted by atomic mass is 10.1. The summed E-state index contributed by atoms with van der Waals surface area (Å²) in [6.07, 6.45) is 1.66. The van der Waals surface area contributed by atoms with Gasteiger partial charge in [0.2, 0.25) is 0 Å². The molecule has 0 heterocycles. The molecule has 128 valence electrons. The Bertz CT molecular complexity index is 828. The van der Waals surface area contributed by atoms with E-state index < -0.39 is 5.91 Å². The topological polar surface area (TPSA) is 62.1 Å². The number of nitrogens with zero attached hydrogens (tertiary/aromatic N) is 1. The highest BCUT2D eigenvalue weighted by atomic mass is 16.5. The number of anilines is 1. The SMILES string of the molecule is Cc1ccc(NC(=O)/C(C#N)=C/c2ccc(OC(C)C)cc2)cc1C. The van der Waals surface area contributed by atoms with Crippen LogP contribution in [-0.2, 0) is 4.79 Å². The number of amides is 1. The molecule has 4 heteroatoms. The van der Waals surface area contributed by atoms with Crippen LogP contribution in [-0.4, -0.2) is 12.0 Å². The van der Waals surface area contributed by atoms with Crippen LogP contribution < -0.4 is 10.1 Å². The van der Waals surface area contributed by atoms with E-state index in [0.29, 0.717) is 5.69 Å². The first-order valence-corrected chi connectivity index (χ1v) is 8.16. The van der Waals surface area contributed by atoms with Crippen molar-refractivity contribution in [3.05, 3.63) is 64.7 Å². The minimum Gasteiger partial charge on any atom is -0.491 e. The molecule has 0 radical (unpaired) electrons. The van der Waals surface area contributed by atoms with Gasteiger partial charge < -0.3 is 10.1 Å². The van der Waals surface area contributed by atoms with Gasteiger partial charge in [0.1, 0.15) is 17.4 Å². The molecule has 0 atom stereocenters. The largest absolute Gasteiger partial charge is 0.491 e. The van der Waals surface area contributed by atoms with E-state index in [-0.39, 0.29) is 11.7 Å². The maximum atomic E-state index is 12.3. The molecule has 0 spiro atoms. The van der Waals surface area contributed by atoms with Gasteiger partial charge in [-0.05, 0) is 74.7 Å². The average Bonchev–Trinajstić information content (AvgIpc) is 2.57. The monoisotopic (exact) mass is 334 g/mol. The van der Waals surface area contributed by atoms with E-state index >= 15 is 0 Å². The van der Waals surface area contributed by atoms with Crippen LogP contribution in [0, 0.1) is 25.2 Å². The molecule has 2 rings (SSSR count). The van der Waals surface area contributed by atoms with Crippen LogP contribution in [0.25, 0.3) is 6.08 Å². The highest BCUT2D eigenvalue weighted by molar-refractivity contribution is 6.09. The Kier molecular flexibility index (Phi) is 5.97. The van der Waals surface area contributed by atoms with Crippen molar-refractivity contribution in [1.29, 1.82) is 5.26 Å². The molecule has 2 aromatic carbocycles. The van der Waals surface area contributed by atoms with Crippen LogP contribution in [0.3, 0.4) is 0 Å². The zero-order valence-corrected chi connectivity index (χ0v) is 15.0. The van der Waals surface area contributed by atoms with Crippen LogP contribution in [0.2, 0.25) is 0 Å². The van der Waals surface area contributed by atoms with Gasteiger partial charge in [-0.2, -0.15) is 5.26 Å². The summed E-state index contributed by atoms with van der Waals surface area (Å²) in [4.78, 5) is 12.3. The third kappa shape index (κ3) is 5.22. The molecule has 4 nitrogen and oxygen atoms in total. The van der Waals surface area contributed by atoms with Crippen LogP contribution in [0.4, 0.5) is 5.69 Å². The molecule has 0 fully saturated rings. The number of ether oxygens (including phenoxy) is 1. The fourth-order valence-corrected chi connectivity index (χ4v) is 2.25. The number of nitriles is 1. The summed E-state index contributed by atoms with van der Waals surface area (Å²) in [7, 11) is 0. The Hall–Kier alpha value is -3.06. The molecule has 0 aliphatic heterocycles. The molecule has 25 heavy (non-hydrogen) atoms. The van der Waals surface area contributed by atoms with Crippen LogP contribution in [0.1, 0.15) is 30.5 Å². The highest BCUT2D eigenvalue weighted by Crippen LogP contribution is 2.18. The molecule has 0 bridgehead atoms. The van der Waals surface area contributed by atoms with Crippen molar-refractivity contribution in [1.82, 2.24) is 0 Å². The van der Waals surface area contributed by atoms with Gasteiger partial charge in [-0.25, -0.2) is 0 Å². The Balaban J connectivity index is 2.14. The molecule has 0 saturated carbocycles. The normalized spacial score (nSPS) is 11.1. The molecular weight excluding hydrogens is 312 g/mol. The van der Waals surface area contributed by atoms with Crippen LogP contribution in [0.15, 0.2) is 48.0 Å². The van der Waals surface area contributed by atoms with Crippen molar-refractivity contribution < 1.29 is 9.53 Å². The van der Waals surface area contributed by atoms with Gasteiger partial charge in [0.05, 0.1) is 6.10 Å². The summed E-state index contributed by atoms with van der Waals surface area (Å²) >= 11 is 0. The maximum absolute atomic E-state index is 12.3. The third-order valence-electron chi connectivity index (χ3n) is 3.69. The number of nitrogens with one attached hydrogen (secondary N) is 1. The van der Waals surface area contributed by atoms with Crippen LogP contribution >= 0.6 is 0 Å². The predicted molar refractivity (Wildman–Crippen MR) is 100 cm³/mol. The van der Waals surface area contributed by atoms with Gasteiger partial charge in [-0.15, -0.1) is 0 Å². The van der Waals surface area contributed by atoms with Crippen molar-refractivity contribution in [3.8, 4) is 11.8 Å². The highest BCUT2D eigenvalue weighted by Gasteiger charge is 2.10. The fourth-order valence-electron chi connectivity index (χ4n) is 2.25. The number of rotatable bonds is 5. The Labute approximate surface area is 148 Å². The van der Waals surface area contributed by atoms with E-state index in [1.807, 2.05) is 76.2 Å². The number of hydrogen-bond donors (Lipinski definition) is 1. The number of aryl methyl sites for hydroxylation is 2. The fraction of sp³-hybridized carbons (Fsp3) is 0.238. The minimum atomic E-state index is -0.423. The summed E-state index contributed by atoms with van der Waals surface area (Å²) in [5.41, 5.74) is 3.73. The first-order valence-electron chi connectivity index (χ1n) is 8.16. The van der Waals surface area contributed by atoms with E-state index in [9.17, 15) is 10.1 Å². The van der Waals surface area contributed by atoms with Gasteiger partial charge in [0.25, 0.3) is 5.91 Å². The molecule has 1 amide bonds. The number of carbonyl (C=O) groups is 1. The first-order chi connectivity index (χ1) is 11.9. The quantitative estimate of drug-likeness (QED) is 0.640. The van der Waals surface area contributed by atoms with Gasteiger partial charge in [0, 0.05) is 5.69 Å². The van der Waals surface area contributed by atoms with E-state index in [0.717, 1.165) is 22.4 Å². The lowest BCUT2D eigenvalue weighted by Crippen LogP contribution is -2.13. The summed E-state index contributed by atoms with van der Waals surface area (Å²) in [6, 6.07) is 14.9. The number of hydrogen-bond acceptors (Lipinski definition) is 3. The third-order valence-corrected chi connectivity index (χ3v) is 3.69. The summed E-state index contributed by atoms with van der Waals surface area (Å²) in [6.45, 7) is 7.90. The first kappa shape index (κ1) is 18.3. The van der Waals surface area contributed by atoms with Crippen LogP contribution in [0.5, 0.6) is 5.75 Å². The van der Waals surface area contributed by atoms with E-state index in [2.05, 4.69) is 5.32 Å². The van der Waals surface area contributed by atoms with Gasteiger partial charge in [-0.1, -0.05) is 18.2 Å². The van der Waals surface area contributed by atoms with Crippen molar-refractivity contribution in [3.63, 3.8) is 0 Å². The molecule has 1 N–H and O–H groups in total. The van der Waals surface area contributed by atoms with Crippen molar-refractivity contribution in [2.24, 2.45) is 0 Å². The Morgan fingerprint density at radius 1 is 1.12 bits per heavy atom. The predicted octanol–water partition coefficient (Wildman–Crippen LogP) is 4.64. The molecule has 0 aliphatic carbocycles. The summed E-state index contributed by atoms with van der Waals surface area (Å²) in [5.74, 6) is 0.332. The smallest absolute Gasteiger partial charge is 0.266 e. The minimum absolute atomic E-state index is 0.0516. The van der Waals surface area contributed by atoms with Crippen molar-refractivity contribution >= 4 is 17.7 Å². The summed E-state index contributed by atoms with van der Waals surface area (Å²) in [5, 5.41) is 12.1. The Morgan fingerprint density at radius 3 is 2.36 bits per heavy atom. The van der Waals surface area contributed by atoms with E-state index in [1.165, 1.54) is 0 Å². The van der Waals surface area contributed by atoms with Gasteiger partial charge in [-0.3, -0.25) is 4.79 Å². The van der Waals surface area contributed by atoms with Gasteiger partial charge >= 0.3 is 0 Å². The van der Waals surface area contributed by atoms with Crippen molar-refractivity contribution in [2.45, 2.75) is 33.8 Å². The van der Waals surface area contributed by atoms with Gasteiger partial charge in [0.15, 0.2) is 0 Å². The molecule has 0 unspecified atom stereocenters. The number of benzene rings is 2. The molecule has 0 aliphatic rings. The second kappa shape index (κ2) is 8.16. The maximum Gasteiger partial charge on any atom is 0.266 e. The Morgan fingerprint density at radius 2 is 1.80 bits per heavy atom.